The van der Waals surface area contributed by atoms with Crippen LogP contribution in [0.5, 0.6) is 0 Å². The second-order valence-corrected chi connectivity index (χ2v) is 4.00. The summed E-state index contributed by atoms with van der Waals surface area (Å²) in [6.07, 6.45) is 0.217. The minimum Gasteiger partial charge on any atom is -0.390 e. The second kappa shape index (κ2) is 6.81. The zero-order chi connectivity index (χ0) is 12.0. The van der Waals surface area contributed by atoms with Crippen molar-refractivity contribution in [3.63, 3.8) is 0 Å². The van der Waals surface area contributed by atoms with Crippen LogP contribution < -0.4 is 11.1 Å². The number of nitrogens with two attached hydrogens (primary N) is 1. The van der Waals surface area contributed by atoms with Crippen LogP contribution in [0.25, 0.3) is 0 Å². The molecule has 0 saturated carbocycles. The molecule has 1 rings (SSSR count). The Hall–Kier alpha value is -0.680. The van der Waals surface area contributed by atoms with Gasteiger partial charge in [-0.1, -0.05) is 17.7 Å². The summed E-state index contributed by atoms with van der Waals surface area (Å²) in [4.78, 5) is 0. The highest BCUT2D eigenvalue weighted by molar-refractivity contribution is 6.30. The third-order valence-corrected chi connectivity index (χ3v) is 2.52. The summed E-state index contributed by atoms with van der Waals surface area (Å²) in [5, 5.41) is 12.4. The lowest BCUT2D eigenvalue weighted by Gasteiger charge is -2.09. The van der Waals surface area contributed by atoms with Crippen LogP contribution in [0.2, 0.25) is 5.02 Å². The monoisotopic (exact) mass is 246 g/mol. The third kappa shape index (κ3) is 4.45. The van der Waals surface area contributed by atoms with Crippen molar-refractivity contribution in [2.75, 3.05) is 19.6 Å². The minimum atomic E-state index is -0.517. The molecular formula is C11H16ClFN2O. The quantitative estimate of drug-likeness (QED) is 0.655. The van der Waals surface area contributed by atoms with E-state index in [1.54, 1.807) is 12.1 Å². The molecule has 0 heterocycles. The molecule has 5 heteroatoms. The molecule has 1 atom stereocenters. The average molecular weight is 247 g/mol. The van der Waals surface area contributed by atoms with Gasteiger partial charge in [0.15, 0.2) is 0 Å². The van der Waals surface area contributed by atoms with E-state index >= 15 is 0 Å². The fourth-order valence-electron chi connectivity index (χ4n) is 1.28. The van der Waals surface area contributed by atoms with Crippen molar-refractivity contribution in [3.05, 3.63) is 34.6 Å². The Bertz CT molecular complexity index is 336. The van der Waals surface area contributed by atoms with Gasteiger partial charge in [-0.15, -0.1) is 0 Å². The minimum absolute atomic E-state index is 0.138. The SMILES string of the molecule is NCC(O)CNCCc1ccc(F)c(Cl)c1. The van der Waals surface area contributed by atoms with Crippen LogP contribution in [0.4, 0.5) is 4.39 Å². The molecular weight excluding hydrogens is 231 g/mol. The summed E-state index contributed by atoms with van der Waals surface area (Å²) in [7, 11) is 0. The highest BCUT2D eigenvalue weighted by Gasteiger charge is 2.02. The first-order valence-corrected chi connectivity index (χ1v) is 5.54. The van der Waals surface area contributed by atoms with Crippen molar-refractivity contribution >= 4 is 11.6 Å². The van der Waals surface area contributed by atoms with E-state index in [-0.39, 0.29) is 11.6 Å². The highest BCUT2D eigenvalue weighted by Crippen LogP contribution is 2.15. The standard InChI is InChI=1S/C11H16ClFN2O/c12-10-5-8(1-2-11(10)13)3-4-15-7-9(16)6-14/h1-2,5,9,15-16H,3-4,6-7,14H2. The first-order valence-electron chi connectivity index (χ1n) is 5.16. The van der Waals surface area contributed by atoms with E-state index in [9.17, 15) is 9.50 Å². The van der Waals surface area contributed by atoms with Gasteiger partial charge in [-0.2, -0.15) is 0 Å². The van der Waals surface area contributed by atoms with Crippen LogP contribution in [0.3, 0.4) is 0 Å². The lowest BCUT2D eigenvalue weighted by Crippen LogP contribution is -2.33. The largest absolute Gasteiger partial charge is 0.390 e. The van der Waals surface area contributed by atoms with Crippen molar-refractivity contribution in [1.29, 1.82) is 0 Å². The molecule has 3 nitrogen and oxygen atoms in total. The van der Waals surface area contributed by atoms with E-state index in [0.29, 0.717) is 13.1 Å². The van der Waals surface area contributed by atoms with Gasteiger partial charge in [0.05, 0.1) is 11.1 Å². The number of aliphatic hydroxyl groups excluding tert-OH is 1. The Morgan fingerprint density at radius 1 is 1.50 bits per heavy atom. The van der Waals surface area contributed by atoms with E-state index in [2.05, 4.69) is 5.32 Å². The van der Waals surface area contributed by atoms with E-state index in [0.717, 1.165) is 12.0 Å². The molecule has 0 aromatic heterocycles. The van der Waals surface area contributed by atoms with Gasteiger partial charge in [-0.3, -0.25) is 0 Å². The fourth-order valence-corrected chi connectivity index (χ4v) is 1.48. The Morgan fingerprint density at radius 2 is 2.25 bits per heavy atom. The van der Waals surface area contributed by atoms with Gasteiger partial charge >= 0.3 is 0 Å². The lowest BCUT2D eigenvalue weighted by atomic mass is 10.1. The van der Waals surface area contributed by atoms with Gasteiger partial charge < -0.3 is 16.2 Å². The predicted molar refractivity (Wildman–Crippen MR) is 63.0 cm³/mol. The number of aliphatic hydroxyl groups is 1. The zero-order valence-corrected chi connectivity index (χ0v) is 9.67. The van der Waals surface area contributed by atoms with Crippen molar-refractivity contribution in [2.45, 2.75) is 12.5 Å². The normalized spacial score (nSPS) is 12.8. The first kappa shape index (κ1) is 13.4. The molecule has 0 aliphatic heterocycles. The van der Waals surface area contributed by atoms with E-state index in [1.807, 2.05) is 0 Å². The third-order valence-electron chi connectivity index (χ3n) is 2.23. The molecule has 0 aliphatic rings. The number of rotatable bonds is 6. The van der Waals surface area contributed by atoms with E-state index in [1.165, 1.54) is 6.07 Å². The van der Waals surface area contributed by atoms with Gasteiger partial charge in [0.2, 0.25) is 0 Å². The van der Waals surface area contributed by atoms with Crippen LogP contribution in [0, 0.1) is 5.82 Å². The molecule has 0 bridgehead atoms. The maximum atomic E-state index is 12.8. The Morgan fingerprint density at radius 3 is 2.88 bits per heavy atom. The lowest BCUT2D eigenvalue weighted by molar-refractivity contribution is 0.180. The molecule has 0 amide bonds. The molecule has 1 unspecified atom stereocenters. The Labute approximate surface area is 99.4 Å². The van der Waals surface area contributed by atoms with Crippen LogP contribution in [-0.4, -0.2) is 30.8 Å². The average Bonchev–Trinajstić information content (AvgIpc) is 2.28. The predicted octanol–water partition coefficient (Wildman–Crippen LogP) is 0.931. The molecule has 4 N–H and O–H groups in total. The molecule has 0 aliphatic carbocycles. The molecule has 0 spiro atoms. The molecule has 1 aromatic rings. The second-order valence-electron chi connectivity index (χ2n) is 3.59. The Kier molecular flexibility index (Phi) is 5.69. The number of hydrogen-bond acceptors (Lipinski definition) is 3. The first-order chi connectivity index (χ1) is 7.63. The molecule has 90 valence electrons. The number of nitrogens with one attached hydrogen (secondary N) is 1. The topological polar surface area (TPSA) is 58.3 Å². The van der Waals surface area contributed by atoms with Crippen LogP contribution in [0.1, 0.15) is 5.56 Å². The van der Waals surface area contributed by atoms with Gasteiger partial charge in [0.25, 0.3) is 0 Å². The molecule has 16 heavy (non-hydrogen) atoms. The smallest absolute Gasteiger partial charge is 0.141 e. The summed E-state index contributed by atoms with van der Waals surface area (Å²) in [5.41, 5.74) is 6.21. The van der Waals surface area contributed by atoms with Crippen LogP contribution >= 0.6 is 11.6 Å². The maximum absolute atomic E-state index is 12.8. The van der Waals surface area contributed by atoms with Gasteiger partial charge in [0.1, 0.15) is 5.82 Å². The molecule has 0 radical (unpaired) electrons. The summed E-state index contributed by atoms with van der Waals surface area (Å²) in [6, 6.07) is 4.66. The van der Waals surface area contributed by atoms with Crippen molar-refractivity contribution in [2.24, 2.45) is 5.73 Å². The van der Waals surface area contributed by atoms with Crippen LogP contribution in [-0.2, 0) is 6.42 Å². The summed E-state index contributed by atoms with van der Waals surface area (Å²) < 4.78 is 12.8. The summed E-state index contributed by atoms with van der Waals surface area (Å²) in [5.74, 6) is -0.406. The highest BCUT2D eigenvalue weighted by atomic mass is 35.5. The van der Waals surface area contributed by atoms with Gasteiger partial charge in [-0.25, -0.2) is 4.39 Å². The van der Waals surface area contributed by atoms with E-state index in [4.69, 9.17) is 17.3 Å². The molecule has 0 fully saturated rings. The molecule has 1 aromatic carbocycles. The maximum Gasteiger partial charge on any atom is 0.141 e. The number of hydrogen-bond donors (Lipinski definition) is 3. The van der Waals surface area contributed by atoms with Gasteiger partial charge in [-0.05, 0) is 30.7 Å². The van der Waals surface area contributed by atoms with Crippen molar-refractivity contribution in [3.8, 4) is 0 Å². The number of halogens is 2. The summed E-state index contributed by atoms with van der Waals surface area (Å²) in [6.45, 7) is 1.40. The van der Waals surface area contributed by atoms with Crippen molar-refractivity contribution < 1.29 is 9.50 Å². The number of benzene rings is 1. The Balaban J connectivity index is 2.29. The van der Waals surface area contributed by atoms with Crippen molar-refractivity contribution in [1.82, 2.24) is 5.32 Å². The van der Waals surface area contributed by atoms with Gasteiger partial charge in [0, 0.05) is 13.1 Å². The van der Waals surface area contributed by atoms with E-state index < -0.39 is 11.9 Å². The zero-order valence-electron chi connectivity index (χ0n) is 8.92. The summed E-state index contributed by atoms with van der Waals surface area (Å²) >= 11 is 5.65. The molecule has 0 saturated heterocycles. The fraction of sp³-hybridized carbons (Fsp3) is 0.455. The van der Waals surface area contributed by atoms with Crippen LogP contribution in [0.15, 0.2) is 18.2 Å².